The van der Waals surface area contributed by atoms with Crippen LogP contribution < -0.4 is 15.6 Å². The molecule has 6 nitrogen and oxygen atoms in total. The number of hydrogen-bond acceptors (Lipinski definition) is 4. The van der Waals surface area contributed by atoms with E-state index in [0.717, 1.165) is 11.1 Å². The second-order valence-electron chi connectivity index (χ2n) is 6.01. The van der Waals surface area contributed by atoms with E-state index in [4.69, 9.17) is 21.6 Å². The number of rotatable bonds is 5. The topological polar surface area (TPSA) is 91.2 Å². The first-order valence-electron chi connectivity index (χ1n) is 8.63. The third kappa shape index (κ3) is 5.58. The Kier molecular flexibility index (Phi) is 6.46. The van der Waals surface area contributed by atoms with Gasteiger partial charge in [0.15, 0.2) is 6.61 Å². The van der Waals surface area contributed by atoms with Crippen LogP contribution in [0.1, 0.15) is 15.9 Å². The second-order valence-corrected chi connectivity index (χ2v) is 6.45. The van der Waals surface area contributed by atoms with Crippen LogP contribution >= 0.6 is 11.6 Å². The van der Waals surface area contributed by atoms with Gasteiger partial charge >= 0.3 is 0 Å². The molecule has 29 heavy (non-hydrogen) atoms. The summed E-state index contributed by atoms with van der Waals surface area (Å²) in [5, 5.41) is 9.37. The van der Waals surface area contributed by atoms with Crippen LogP contribution in [0.25, 0.3) is 11.1 Å². The second kappa shape index (κ2) is 9.40. The van der Waals surface area contributed by atoms with Gasteiger partial charge in [-0.25, -0.2) is 0 Å². The van der Waals surface area contributed by atoms with E-state index < -0.39 is 11.8 Å². The molecule has 3 aromatic carbocycles. The summed E-state index contributed by atoms with van der Waals surface area (Å²) in [6.45, 7) is -0.253. The molecular weight excluding hydrogens is 390 g/mol. The van der Waals surface area contributed by atoms with Crippen molar-refractivity contribution < 1.29 is 14.3 Å². The normalized spacial score (nSPS) is 9.93. The van der Waals surface area contributed by atoms with Gasteiger partial charge in [-0.3, -0.25) is 20.4 Å². The van der Waals surface area contributed by atoms with Gasteiger partial charge in [0.25, 0.3) is 11.8 Å². The fourth-order valence-electron chi connectivity index (χ4n) is 2.47. The number of hydrazine groups is 1. The molecule has 2 N–H and O–H groups in total. The smallest absolute Gasteiger partial charge is 0.276 e. The maximum Gasteiger partial charge on any atom is 0.276 e. The monoisotopic (exact) mass is 405 g/mol. The van der Waals surface area contributed by atoms with E-state index >= 15 is 0 Å². The van der Waals surface area contributed by atoms with Crippen molar-refractivity contribution in [3.63, 3.8) is 0 Å². The molecule has 0 heterocycles. The van der Waals surface area contributed by atoms with Gasteiger partial charge in [-0.2, -0.15) is 5.26 Å². The van der Waals surface area contributed by atoms with Gasteiger partial charge in [0.1, 0.15) is 5.75 Å². The summed E-state index contributed by atoms with van der Waals surface area (Å²) in [6.07, 6.45) is 0. The maximum atomic E-state index is 11.9. The third-order valence-electron chi connectivity index (χ3n) is 3.99. The Morgan fingerprint density at radius 3 is 2.03 bits per heavy atom. The molecule has 2 amide bonds. The van der Waals surface area contributed by atoms with Crippen LogP contribution in [0.4, 0.5) is 0 Å². The van der Waals surface area contributed by atoms with Gasteiger partial charge in [0.2, 0.25) is 0 Å². The van der Waals surface area contributed by atoms with Crippen LogP contribution in [-0.4, -0.2) is 18.4 Å². The van der Waals surface area contributed by atoms with Crippen LogP contribution in [0, 0.1) is 11.3 Å². The highest BCUT2D eigenvalue weighted by Crippen LogP contribution is 2.22. The van der Waals surface area contributed by atoms with E-state index in [1.807, 2.05) is 24.3 Å². The Labute approximate surface area is 172 Å². The number of hydrogen-bond donors (Lipinski definition) is 2. The average Bonchev–Trinajstić information content (AvgIpc) is 2.77. The standard InChI is InChI=1S/C22H16ClN3O3/c23-19-9-5-18(6-10-19)22(28)26-25-21(27)14-29-20-11-7-17(8-12-20)16-3-1-15(13-24)2-4-16/h1-12H,14H2,(H,25,27)(H,26,28). The average molecular weight is 406 g/mol. The molecule has 0 aliphatic heterocycles. The molecule has 0 saturated carbocycles. The van der Waals surface area contributed by atoms with E-state index in [1.54, 1.807) is 48.5 Å². The molecule has 7 heteroatoms. The number of ether oxygens (including phenoxy) is 1. The molecule has 0 aliphatic carbocycles. The molecular formula is C22H16ClN3O3. The summed E-state index contributed by atoms with van der Waals surface area (Å²) in [5.74, 6) is -0.438. The van der Waals surface area contributed by atoms with Crippen molar-refractivity contribution in [3.05, 3.63) is 88.9 Å². The van der Waals surface area contributed by atoms with E-state index in [2.05, 4.69) is 16.9 Å². The first kappa shape index (κ1) is 19.9. The minimum absolute atomic E-state index is 0.253. The lowest BCUT2D eigenvalue weighted by Gasteiger charge is -2.09. The van der Waals surface area contributed by atoms with E-state index in [9.17, 15) is 9.59 Å². The van der Waals surface area contributed by atoms with Crippen LogP contribution in [0.5, 0.6) is 5.75 Å². The van der Waals surface area contributed by atoms with Crippen LogP contribution in [0.15, 0.2) is 72.8 Å². The zero-order chi connectivity index (χ0) is 20.6. The van der Waals surface area contributed by atoms with E-state index in [0.29, 0.717) is 21.9 Å². The van der Waals surface area contributed by atoms with E-state index in [1.165, 1.54) is 0 Å². The van der Waals surface area contributed by atoms with Crippen molar-refractivity contribution in [2.75, 3.05) is 6.61 Å². The first-order valence-corrected chi connectivity index (χ1v) is 9.01. The highest BCUT2D eigenvalue weighted by atomic mass is 35.5. The minimum atomic E-state index is -0.497. The minimum Gasteiger partial charge on any atom is -0.484 e. The molecule has 0 bridgehead atoms. The van der Waals surface area contributed by atoms with Gasteiger partial charge < -0.3 is 4.74 Å². The van der Waals surface area contributed by atoms with Crippen molar-refractivity contribution in [1.82, 2.24) is 10.9 Å². The maximum absolute atomic E-state index is 11.9. The summed E-state index contributed by atoms with van der Waals surface area (Å²) < 4.78 is 5.43. The Bertz CT molecular complexity index is 1040. The molecule has 0 aromatic heterocycles. The SMILES string of the molecule is N#Cc1ccc(-c2ccc(OCC(=O)NNC(=O)c3ccc(Cl)cc3)cc2)cc1. The lowest BCUT2D eigenvalue weighted by molar-refractivity contribution is -0.123. The molecule has 0 spiro atoms. The fraction of sp³-hybridized carbons (Fsp3) is 0.0455. The van der Waals surface area contributed by atoms with Gasteiger partial charge in [-0.05, 0) is 59.7 Å². The number of halogens is 1. The molecule has 0 unspecified atom stereocenters. The molecule has 144 valence electrons. The molecule has 0 aliphatic rings. The van der Waals surface area contributed by atoms with Crippen molar-refractivity contribution >= 4 is 23.4 Å². The first-order chi connectivity index (χ1) is 14.0. The van der Waals surface area contributed by atoms with Crippen LogP contribution in [0.2, 0.25) is 5.02 Å². The van der Waals surface area contributed by atoms with Gasteiger partial charge in [0.05, 0.1) is 11.6 Å². The highest BCUT2D eigenvalue weighted by molar-refractivity contribution is 6.30. The van der Waals surface area contributed by atoms with Crippen molar-refractivity contribution in [3.8, 4) is 22.9 Å². The molecule has 0 radical (unpaired) electrons. The molecule has 0 atom stereocenters. The Morgan fingerprint density at radius 2 is 1.45 bits per heavy atom. The quantitative estimate of drug-likeness (QED) is 0.633. The summed E-state index contributed by atoms with van der Waals surface area (Å²) in [5.41, 5.74) is 7.50. The van der Waals surface area contributed by atoms with Crippen LogP contribution in [-0.2, 0) is 4.79 Å². The lowest BCUT2D eigenvalue weighted by Crippen LogP contribution is -2.43. The molecule has 3 rings (SSSR count). The summed E-state index contributed by atoms with van der Waals surface area (Å²) >= 11 is 5.77. The number of amides is 2. The fourth-order valence-corrected chi connectivity index (χ4v) is 2.59. The zero-order valence-electron chi connectivity index (χ0n) is 15.2. The van der Waals surface area contributed by atoms with Crippen molar-refractivity contribution in [1.29, 1.82) is 5.26 Å². The Balaban J connectivity index is 1.48. The number of benzene rings is 3. The molecule has 3 aromatic rings. The van der Waals surface area contributed by atoms with Gasteiger partial charge in [-0.15, -0.1) is 0 Å². The molecule has 0 fully saturated rings. The number of carbonyl (C=O) groups is 2. The predicted octanol–water partition coefficient (Wildman–Crippen LogP) is 3.72. The number of carbonyl (C=O) groups excluding carboxylic acids is 2. The summed E-state index contributed by atoms with van der Waals surface area (Å²) in [4.78, 5) is 23.8. The summed E-state index contributed by atoms with van der Waals surface area (Å²) in [7, 11) is 0. The van der Waals surface area contributed by atoms with Gasteiger partial charge in [-0.1, -0.05) is 35.9 Å². The Hall–Kier alpha value is -3.82. The number of nitriles is 1. The Morgan fingerprint density at radius 1 is 0.862 bits per heavy atom. The lowest BCUT2D eigenvalue weighted by atomic mass is 10.0. The largest absolute Gasteiger partial charge is 0.484 e. The zero-order valence-corrected chi connectivity index (χ0v) is 15.9. The van der Waals surface area contributed by atoms with Gasteiger partial charge in [0, 0.05) is 10.6 Å². The van der Waals surface area contributed by atoms with E-state index in [-0.39, 0.29) is 6.61 Å². The predicted molar refractivity (Wildman–Crippen MR) is 109 cm³/mol. The number of nitrogens with zero attached hydrogens (tertiary/aromatic N) is 1. The van der Waals surface area contributed by atoms with Crippen LogP contribution in [0.3, 0.4) is 0 Å². The molecule has 0 saturated heterocycles. The summed E-state index contributed by atoms with van der Waals surface area (Å²) in [6, 6.07) is 22.8. The van der Waals surface area contributed by atoms with Crippen molar-refractivity contribution in [2.45, 2.75) is 0 Å². The highest BCUT2D eigenvalue weighted by Gasteiger charge is 2.08. The number of nitrogens with one attached hydrogen (secondary N) is 2. The third-order valence-corrected chi connectivity index (χ3v) is 4.25. The van der Waals surface area contributed by atoms with Crippen molar-refractivity contribution in [2.24, 2.45) is 0 Å².